The zero-order chi connectivity index (χ0) is 16.1. The Morgan fingerprint density at radius 2 is 1.74 bits per heavy atom. The average Bonchev–Trinajstić information content (AvgIpc) is 2.97. The van der Waals surface area contributed by atoms with E-state index >= 15 is 0 Å². The molecule has 2 fully saturated rings. The van der Waals surface area contributed by atoms with Crippen molar-refractivity contribution in [2.45, 2.75) is 19.9 Å². The van der Waals surface area contributed by atoms with E-state index in [0.29, 0.717) is 18.4 Å². The maximum Gasteiger partial charge on any atom is 0.0594 e. The van der Waals surface area contributed by atoms with Gasteiger partial charge >= 0.3 is 0 Å². The van der Waals surface area contributed by atoms with Crippen LogP contribution in [-0.4, -0.2) is 67.5 Å². The summed E-state index contributed by atoms with van der Waals surface area (Å²) >= 11 is 0. The second-order valence-corrected chi connectivity index (χ2v) is 6.93. The molecule has 23 heavy (non-hydrogen) atoms. The molecule has 3 rings (SSSR count). The SMILES string of the molecule is CCc1ccccc1CN1CC(CO)C(CN2CCOCC2)C1. The van der Waals surface area contributed by atoms with E-state index in [1.54, 1.807) is 0 Å². The zero-order valence-electron chi connectivity index (χ0n) is 14.3. The number of ether oxygens (including phenoxy) is 1. The molecule has 0 aromatic heterocycles. The quantitative estimate of drug-likeness (QED) is 0.865. The van der Waals surface area contributed by atoms with E-state index in [1.807, 2.05) is 0 Å². The molecule has 4 nitrogen and oxygen atoms in total. The monoisotopic (exact) mass is 318 g/mol. The topological polar surface area (TPSA) is 35.9 Å². The number of nitrogens with zero attached hydrogens (tertiary/aromatic N) is 2. The van der Waals surface area contributed by atoms with Crippen LogP contribution in [-0.2, 0) is 17.7 Å². The Morgan fingerprint density at radius 3 is 2.43 bits per heavy atom. The maximum absolute atomic E-state index is 9.78. The number of morpholine rings is 1. The summed E-state index contributed by atoms with van der Waals surface area (Å²) in [5, 5.41) is 9.78. The van der Waals surface area contributed by atoms with Crippen LogP contribution in [0.25, 0.3) is 0 Å². The molecule has 2 unspecified atom stereocenters. The second kappa shape index (κ2) is 8.25. The lowest BCUT2D eigenvalue weighted by Crippen LogP contribution is -2.41. The molecule has 0 spiro atoms. The van der Waals surface area contributed by atoms with Gasteiger partial charge in [0.25, 0.3) is 0 Å². The van der Waals surface area contributed by atoms with Crippen LogP contribution in [0.1, 0.15) is 18.1 Å². The van der Waals surface area contributed by atoms with Crippen molar-refractivity contribution in [2.24, 2.45) is 11.8 Å². The minimum Gasteiger partial charge on any atom is -0.396 e. The molecule has 1 aromatic carbocycles. The molecule has 2 aliphatic rings. The highest BCUT2D eigenvalue weighted by Crippen LogP contribution is 2.26. The summed E-state index contributed by atoms with van der Waals surface area (Å²) in [4.78, 5) is 5.03. The van der Waals surface area contributed by atoms with Crippen molar-refractivity contribution in [3.63, 3.8) is 0 Å². The van der Waals surface area contributed by atoms with Gasteiger partial charge in [0.15, 0.2) is 0 Å². The first-order valence-electron chi connectivity index (χ1n) is 9.00. The lowest BCUT2D eigenvalue weighted by molar-refractivity contribution is 0.0264. The van der Waals surface area contributed by atoms with Gasteiger partial charge < -0.3 is 9.84 Å². The van der Waals surface area contributed by atoms with Crippen molar-refractivity contribution in [1.82, 2.24) is 9.80 Å². The van der Waals surface area contributed by atoms with E-state index in [9.17, 15) is 5.11 Å². The van der Waals surface area contributed by atoms with E-state index in [4.69, 9.17) is 4.74 Å². The lowest BCUT2D eigenvalue weighted by Gasteiger charge is -2.30. The predicted octanol–water partition coefficient (Wildman–Crippen LogP) is 1.62. The Balaban J connectivity index is 1.59. The molecule has 2 heterocycles. The van der Waals surface area contributed by atoms with Crippen LogP contribution in [0.2, 0.25) is 0 Å². The third-order valence-corrected chi connectivity index (χ3v) is 5.38. The van der Waals surface area contributed by atoms with E-state index in [-0.39, 0.29) is 0 Å². The van der Waals surface area contributed by atoms with Crippen molar-refractivity contribution < 1.29 is 9.84 Å². The van der Waals surface area contributed by atoms with Crippen LogP contribution >= 0.6 is 0 Å². The van der Waals surface area contributed by atoms with Crippen LogP contribution in [0.5, 0.6) is 0 Å². The molecule has 1 aromatic rings. The molecule has 0 aliphatic carbocycles. The molecular weight excluding hydrogens is 288 g/mol. The first kappa shape index (κ1) is 16.9. The molecule has 1 N–H and O–H groups in total. The lowest BCUT2D eigenvalue weighted by atomic mass is 9.96. The highest BCUT2D eigenvalue weighted by atomic mass is 16.5. The van der Waals surface area contributed by atoms with Crippen LogP contribution in [0, 0.1) is 11.8 Å². The number of aliphatic hydroxyl groups excluding tert-OH is 1. The van der Waals surface area contributed by atoms with Crippen LogP contribution in [0.4, 0.5) is 0 Å². The van der Waals surface area contributed by atoms with Crippen molar-refractivity contribution in [2.75, 3.05) is 52.5 Å². The molecule has 128 valence electrons. The fraction of sp³-hybridized carbons (Fsp3) is 0.684. The van der Waals surface area contributed by atoms with Gasteiger partial charge in [-0.3, -0.25) is 9.80 Å². The van der Waals surface area contributed by atoms with Gasteiger partial charge in [0, 0.05) is 45.9 Å². The van der Waals surface area contributed by atoms with Crippen molar-refractivity contribution in [3.05, 3.63) is 35.4 Å². The van der Waals surface area contributed by atoms with Gasteiger partial charge in [-0.1, -0.05) is 31.2 Å². The summed E-state index contributed by atoms with van der Waals surface area (Å²) in [6, 6.07) is 8.76. The number of aliphatic hydroxyl groups is 1. The molecular formula is C19H30N2O2. The molecule has 2 saturated heterocycles. The van der Waals surface area contributed by atoms with Crippen LogP contribution in [0.3, 0.4) is 0 Å². The Morgan fingerprint density at radius 1 is 1.04 bits per heavy atom. The minimum absolute atomic E-state index is 0.306. The van der Waals surface area contributed by atoms with E-state index < -0.39 is 0 Å². The highest BCUT2D eigenvalue weighted by molar-refractivity contribution is 5.27. The van der Waals surface area contributed by atoms with Gasteiger partial charge in [-0.25, -0.2) is 0 Å². The highest BCUT2D eigenvalue weighted by Gasteiger charge is 2.33. The third-order valence-electron chi connectivity index (χ3n) is 5.38. The standard InChI is InChI=1S/C19H30N2O2/c1-2-16-5-3-4-6-17(16)11-21-13-18(19(14-21)15-22)12-20-7-9-23-10-8-20/h3-6,18-19,22H,2,7-15H2,1H3. The van der Waals surface area contributed by atoms with E-state index in [2.05, 4.69) is 41.0 Å². The normalized spacial score (nSPS) is 26.7. The Bertz CT molecular complexity index is 488. The fourth-order valence-corrected chi connectivity index (χ4v) is 3.99. The van der Waals surface area contributed by atoms with Crippen molar-refractivity contribution in [3.8, 4) is 0 Å². The number of hydrogen-bond acceptors (Lipinski definition) is 4. The third kappa shape index (κ3) is 4.32. The molecule has 4 heteroatoms. The molecule has 0 bridgehead atoms. The second-order valence-electron chi connectivity index (χ2n) is 6.93. The fourth-order valence-electron chi connectivity index (χ4n) is 3.99. The summed E-state index contributed by atoms with van der Waals surface area (Å²) in [7, 11) is 0. The Labute approximate surface area is 140 Å². The largest absolute Gasteiger partial charge is 0.396 e. The number of aryl methyl sites for hydroxylation is 1. The number of likely N-dealkylation sites (tertiary alicyclic amines) is 1. The molecule has 0 saturated carbocycles. The average molecular weight is 318 g/mol. The van der Waals surface area contributed by atoms with Crippen molar-refractivity contribution in [1.29, 1.82) is 0 Å². The Kier molecular flexibility index (Phi) is 6.06. The summed E-state index contributed by atoms with van der Waals surface area (Å²) in [5.41, 5.74) is 2.89. The van der Waals surface area contributed by atoms with Gasteiger partial charge in [0.05, 0.1) is 13.2 Å². The smallest absolute Gasteiger partial charge is 0.0594 e. The maximum atomic E-state index is 9.78. The first-order valence-corrected chi connectivity index (χ1v) is 9.00. The van der Waals surface area contributed by atoms with E-state index in [0.717, 1.165) is 58.9 Å². The van der Waals surface area contributed by atoms with Crippen LogP contribution < -0.4 is 0 Å². The van der Waals surface area contributed by atoms with E-state index in [1.165, 1.54) is 11.1 Å². The summed E-state index contributed by atoms with van der Waals surface area (Å²) in [6.07, 6.45) is 1.09. The van der Waals surface area contributed by atoms with Crippen molar-refractivity contribution >= 4 is 0 Å². The number of rotatable bonds is 6. The Hall–Kier alpha value is -0.940. The summed E-state index contributed by atoms with van der Waals surface area (Å²) < 4.78 is 5.44. The number of hydrogen-bond donors (Lipinski definition) is 1. The van der Waals surface area contributed by atoms with Gasteiger partial charge in [-0.05, 0) is 29.4 Å². The minimum atomic E-state index is 0.306. The zero-order valence-corrected chi connectivity index (χ0v) is 14.3. The number of benzene rings is 1. The summed E-state index contributed by atoms with van der Waals surface area (Å²) in [5.74, 6) is 0.985. The summed E-state index contributed by atoms with van der Waals surface area (Å²) in [6.45, 7) is 10.5. The molecule has 0 radical (unpaired) electrons. The molecule has 2 atom stereocenters. The predicted molar refractivity (Wildman–Crippen MR) is 92.4 cm³/mol. The first-order chi connectivity index (χ1) is 11.3. The van der Waals surface area contributed by atoms with Gasteiger partial charge in [-0.2, -0.15) is 0 Å². The van der Waals surface area contributed by atoms with Gasteiger partial charge in [0.2, 0.25) is 0 Å². The van der Waals surface area contributed by atoms with Gasteiger partial charge in [0.1, 0.15) is 0 Å². The van der Waals surface area contributed by atoms with Gasteiger partial charge in [-0.15, -0.1) is 0 Å². The van der Waals surface area contributed by atoms with Crippen LogP contribution in [0.15, 0.2) is 24.3 Å². The molecule has 0 amide bonds. The molecule has 2 aliphatic heterocycles.